The summed E-state index contributed by atoms with van der Waals surface area (Å²) in [5.74, 6) is -0.775. The summed E-state index contributed by atoms with van der Waals surface area (Å²) in [4.78, 5) is 63.0. The number of halogens is 2. The molecule has 16 nitrogen and oxygen atoms in total. The molecule has 1 fully saturated rings. The molecule has 1 unspecified atom stereocenters. The highest BCUT2D eigenvalue weighted by molar-refractivity contribution is 9.10. The van der Waals surface area contributed by atoms with E-state index in [2.05, 4.69) is 35.8 Å². The standard InChI is InChI=1S/C39H38BrFN8O8/c1-20-17-46(30-15-29-25(14-27(30)41)34(50)26(38(52)53)18-49(29)57-5)8-9-47(20)19-48-28-7-6-23(40)13-24(28)33(37(48)51)44-39-43-16-22(36(42)45-39)10-21-11-31(54-2)35(56-4)32(12-21)55-3/h6-7,11-16,18,20H,8-10,17,19H2,1-5H3,(H,52,53)(H2,42,43,45)/b44-33-. The van der Waals surface area contributed by atoms with E-state index < -0.39 is 22.8 Å². The zero-order valence-electron chi connectivity index (χ0n) is 31.6. The highest BCUT2D eigenvalue weighted by atomic mass is 79.9. The van der Waals surface area contributed by atoms with Crippen LogP contribution in [0.4, 0.5) is 27.5 Å². The van der Waals surface area contributed by atoms with Gasteiger partial charge >= 0.3 is 5.97 Å². The molecule has 57 heavy (non-hydrogen) atoms. The molecule has 4 heterocycles. The van der Waals surface area contributed by atoms with Crippen molar-refractivity contribution in [2.45, 2.75) is 19.4 Å². The number of nitrogens with two attached hydrogens (primary N) is 1. The summed E-state index contributed by atoms with van der Waals surface area (Å²) in [5.41, 5.74) is 8.39. The third-order valence-electron chi connectivity index (χ3n) is 10.1. The fourth-order valence-electron chi connectivity index (χ4n) is 7.15. The highest BCUT2D eigenvalue weighted by Crippen LogP contribution is 2.39. The van der Waals surface area contributed by atoms with Crippen LogP contribution in [0.5, 0.6) is 17.2 Å². The first kappa shape index (κ1) is 39.0. The molecular weight excluding hydrogens is 807 g/mol. The van der Waals surface area contributed by atoms with Gasteiger partial charge in [0.2, 0.25) is 11.2 Å². The van der Waals surface area contributed by atoms with Gasteiger partial charge in [0, 0.05) is 53.9 Å². The lowest BCUT2D eigenvalue weighted by atomic mass is 10.1. The van der Waals surface area contributed by atoms with Gasteiger partial charge in [0.15, 0.2) is 11.5 Å². The molecule has 0 saturated carbocycles. The molecule has 2 aliphatic rings. The topological polar surface area (TPSA) is 187 Å². The number of aliphatic imine (C=N–C) groups is 1. The molecule has 18 heteroatoms. The number of nitrogens with zero attached hydrogens (tertiary/aromatic N) is 7. The monoisotopic (exact) mass is 844 g/mol. The minimum Gasteiger partial charge on any atom is -0.493 e. The number of hydrogen-bond donors (Lipinski definition) is 2. The van der Waals surface area contributed by atoms with E-state index in [-0.39, 0.29) is 52.7 Å². The number of carbonyl (C=O) groups is 2. The number of carboxylic acids is 1. The number of ether oxygens (including phenoxy) is 3. The molecule has 2 aromatic heterocycles. The molecule has 7 rings (SSSR count). The van der Waals surface area contributed by atoms with Crippen molar-refractivity contribution in [3.63, 3.8) is 0 Å². The van der Waals surface area contributed by atoms with Crippen LogP contribution in [0.3, 0.4) is 0 Å². The van der Waals surface area contributed by atoms with Crippen molar-refractivity contribution in [2.24, 2.45) is 4.99 Å². The molecule has 1 saturated heterocycles. The molecule has 3 N–H and O–H groups in total. The van der Waals surface area contributed by atoms with E-state index >= 15 is 4.39 Å². The lowest BCUT2D eigenvalue weighted by molar-refractivity contribution is -0.112. The second-order valence-electron chi connectivity index (χ2n) is 13.4. The molecule has 1 atom stereocenters. The fraction of sp³-hybridized carbons (Fsp3) is 0.282. The van der Waals surface area contributed by atoms with Crippen molar-refractivity contribution < 1.29 is 38.1 Å². The lowest BCUT2D eigenvalue weighted by Gasteiger charge is -2.42. The number of aromatic carboxylic acids is 1. The first-order chi connectivity index (χ1) is 27.3. The van der Waals surface area contributed by atoms with E-state index in [0.29, 0.717) is 60.1 Å². The Labute approximate surface area is 333 Å². The zero-order chi connectivity index (χ0) is 40.7. The van der Waals surface area contributed by atoms with Crippen LogP contribution in [-0.2, 0) is 11.2 Å². The molecular formula is C39H38BrFN8O8. The van der Waals surface area contributed by atoms with Gasteiger partial charge in [-0.25, -0.2) is 19.2 Å². The van der Waals surface area contributed by atoms with Gasteiger partial charge in [-0.3, -0.25) is 19.4 Å². The SMILES string of the molecule is COc1cc(Cc2cnc(/N=C3\C(=O)N(CN4CCN(c5cc6c(cc5F)c(=O)c(C(=O)O)cn6OC)CC4C)c4ccc(Br)cc43)nc2N)cc(OC)c1OC. The number of methoxy groups -OCH3 is 3. The van der Waals surface area contributed by atoms with Gasteiger partial charge < -0.3 is 34.8 Å². The van der Waals surface area contributed by atoms with E-state index in [1.54, 1.807) is 11.1 Å². The van der Waals surface area contributed by atoms with E-state index in [0.717, 1.165) is 27.0 Å². The van der Waals surface area contributed by atoms with Crippen LogP contribution in [0.25, 0.3) is 10.9 Å². The molecule has 0 aliphatic carbocycles. The van der Waals surface area contributed by atoms with Crippen LogP contribution in [0.15, 0.2) is 69.1 Å². The van der Waals surface area contributed by atoms with E-state index in [1.807, 2.05) is 42.2 Å². The van der Waals surface area contributed by atoms with Crippen molar-refractivity contribution >= 4 is 67.6 Å². The van der Waals surface area contributed by atoms with Crippen molar-refractivity contribution in [1.29, 1.82) is 0 Å². The predicted octanol–water partition coefficient (Wildman–Crippen LogP) is 4.28. The van der Waals surface area contributed by atoms with Gasteiger partial charge in [-0.1, -0.05) is 15.9 Å². The minimum absolute atomic E-state index is 0.0229. The number of aromatic nitrogens is 3. The third-order valence-corrected chi connectivity index (χ3v) is 10.6. The number of carbonyl (C=O) groups excluding carboxylic acids is 1. The van der Waals surface area contributed by atoms with Crippen molar-refractivity contribution in [2.75, 3.05) is 70.3 Å². The van der Waals surface area contributed by atoms with Gasteiger partial charge in [-0.2, -0.15) is 9.71 Å². The number of anilines is 3. The first-order valence-electron chi connectivity index (χ1n) is 17.6. The average Bonchev–Trinajstić information content (AvgIpc) is 3.44. The minimum atomic E-state index is -1.44. The summed E-state index contributed by atoms with van der Waals surface area (Å²) >= 11 is 3.52. The second kappa shape index (κ2) is 15.7. The number of amides is 1. The first-order valence-corrected chi connectivity index (χ1v) is 18.4. The number of piperazine rings is 1. The number of pyridine rings is 1. The number of nitrogen functional groups attached to an aromatic ring is 1. The summed E-state index contributed by atoms with van der Waals surface area (Å²) in [6, 6.07) is 11.5. The molecule has 2 aliphatic heterocycles. The summed E-state index contributed by atoms with van der Waals surface area (Å²) in [7, 11) is 5.93. The Bertz CT molecular complexity index is 2510. The number of fused-ring (bicyclic) bond motifs is 2. The van der Waals surface area contributed by atoms with Crippen LogP contribution in [-0.4, -0.2) is 103 Å². The maximum atomic E-state index is 15.6. The molecule has 5 aromatic rings. The van der Waals surface area contributed by atoms with Gasteiger partial charge in [0.05, 0.1) is 56.5 Å². The predicted molar refractivity (Wildman–Crippen MR) is 214 cm³/mol. The van der Waals surface area contributed by atoms with E-state index in [4.69, 9.17) is 24.8 Å². The van der Waals surface area contributed by atoms with Gasteiger partial charge in [-0.15, -0.1) is 0 Å². The Balaban J connectivity index is 1.11. The number of rotatable bonds is 11. The lowest BCUT2D eigenvalue weighted by Crippen LogP contribution is -2.55. The number of carboxylic acid groups (broad SMARTS) is 1. The van der Waals surface area contributed by atoms with Crippen molar-refractivity contribution in [3.05, 3.63) is 97.6 Å². The van der Waals surface area contributed by atoms with Crippen molar-refractivity contribution in [3.8, 4) is 17.2 Å². The number of benzene rings is 3. The quantitative estimate of drug-likeness (QED) is 0.192. The highest BCUT2D eigenvalue weighted by Gasteiger charge is 2.37. The van der Waals surface area contributed by atoms with E-state index in [1.165, 1.54) is 34.5 Å². The maximum absolute atomic E-state index is 15.6. The van der Waals surface area contributed by atoms with Crippen LogP contribution >= 0.6 is 15.9 Å². The summed E-state index contributed by atoms with van der Waals surface area (Å²) < 4.78 is 33.9. The second-order valence-corrected chi connectivity index (χ2v) is 14.3. The Morgan fingerprint density at radius 2 is 1.77 bits per heavy atom. The summed E-state index contributed by atoms with van der Waals surface area (Å²) in [6.45, 7) is 3.44. The van der Waals surface area contributed by atoms with Gasteiger partial charge in [0.25, 0.3) is 11.9 Å². The van der Waals surface area contributed by atoms with Crippen molar-refractivity contribution in [1.82, 2.24) is 19.6 Å². The molecule has 296 valence electrons. The molecule has 1 amide bonds. The van der Waals surface area contributed by atoms with Crippen LogP contribution in [0.2, 0.25) is 0 Å². The Morgan fingerprint density at radius 3 is 2.40 bits per heavy atom. The van der Waals surface area contributed by atoms with Crippen LogP contribution in [0, 0.1) is 5.82 Å². The smallest absolute Gasteiger partial charge is 0.341 e. The fourth-order valence-corrected chi connectivity index (χ4v) is 7.51. The summed E-state index contributed by atoms with van der Waals surface area (Å²) in [5, 5.41) is 9.35. The van der Waals surface area contributed by atoms with Gasteiger partial charge in [-0.05, 0) is 55.0 Å². The van der Waals surface area contributed by atoms with Gasteiger partial charge in [0.1, 0.15) is 30.0 Å². The third kappa shape index (κ3) is 7.28. The molecule has 0 bridgehead atoms. The normalized spacial score (nSPS) is 16.3. The Kier molecular flexibility index (Phi) is 10.7. The average molecular weight is 846 g/mol. The Hall–Kier alpha value is -6.27. The molecule has 3 aromatic carbocycles. The molecule has 0 radical (unpaired) electrons. The summed E-state index contributed by atoms with van der Waals surface area (Å²) in [6.07, 6.45) is 3.01. The Morgan fingerprint density at radius 1 is 1.04 bits per heavy atom. The largest absolute Gasteiger partial charge is 0.493 e. The maximum Gasteiger partial charge on any atom is 0.341 e. The van der Waals surface area contributed by atoms with Crippen LogP contribution < -0.4 is 40.0 Å². The number of hydrogen-bond acceptors (Lipinski definition) is 13. The molecule has 0 spiro atoms. The zero-order valence-corrected chi connectivity index (χ0v) is 33.2. The van der Waals surface area contributed by atoms with E-state index in [9.17, 15) is 19.5 Å². The van der Waals surface area contributed by atoms with Crippen LogP contribution in [0.1, 0.15) is 34.0 Å².